The van der Waals surface area contributed by atoms with E-state index in [2.05, 4.69) is 33.0 Å². The number of carbonyl (C=O) groups excluding carboxylic acids is 1. The highest BCUT2D eigenvalue weighted by Gasteiger charge is 2.43. The molecule has 136 valence electrons. The number of likely N-dealkylation sites (tertiary alicyclic amines) is 1. The minimum Gasteiger partial charge on any atom is -0.444 e. The van der Waals surface area contributed by atoms with Crippen molar-refractivity contribution in [2.45, 2.75) is 64.0 Å². The van der Waals surface area contributed by atoms with Crippen LogP contribution in [0.3, 0.4) is 0 Å². The van der Waals surface area contributed by atoms with E-state index in [-0.39, 0.29) is 6.09 Å². The summed E-state index contributed by atoms with van der Waals surface area (Å²) >= 11 is 3.70. The number of carbonyl (C=O) groups is 1. The summed E-state index contributed by atoms with van der Waals surface area (Å²) < 4.78 is 6.81. The molecule has 3 aliphatic heterocycles. The molecule has 1 aromatic rings. The number of amides is 1. The molecule has 0 bridgehead atoms. The number of halogens is 1. The molecule has 5 heteroatoms. The van der Waals surface area contributed by atoms with Crippen LogP contribution in [0, 0.1) is 0 Å². The van der Waals surface area contributed by atoms with Gasteiger partial charge in [0.05, 0.1) is 0 Å². The molecule has 0 aromatic heterocycles. The lowest BCUT2D eigenvalue weighted by molar-refractivity contribution is 0.0248. The van der Waals surface area contributed by atoms with E-state index in [1.165, 1.54) is 23.2 Å². The van der Waals surface area contributed by atoms with E-state index in [0.29, 0.717) is 12.0 Å². The number of hydrogen-bond donors (Lipinski definition) is 0. The first-order valence-electron chi connectivity index (χ1n) is 9.40. The molecule has 1 saturated heterocycles. The summed E-state index contributed by atoms with van der Waals surface area (Å²) in [5.41, 5.74) is 3.90. The number of ether oxygens (including phenoxy) is 1. The van der Waals surface area contributed by atoms with Crippen molar-refractivity contribution in [1.29, 1.82) is 0 Å². The molecule has 1 fully saturated rings. The Morgan fingerprint density at radius 3 is 2.80 bits per heavy atom. The van der Waals surface area contributed by atoms with Crippen LogP contribution in [0.4, 0.5) is 10.5 Å². The van der Waals surface area contributed by atoms with Gasteiger partial charge in [-0.3, -0.25) is 0 Å². The number of anilines is 1. The van der Waals surface area contributed by atoms with Gasteiger partial charge in [0.1, 0.15) is 5.60 Å². The van der Waals surface area contributed by atoms with Crippen molar-refractivity contribution in [2.24, 2.45) is 0 Å². The number of nitrogens with zero attached hydrogens (tertiary/aromatic N) is 2. The predicted octanol–water partition coefficient (Wildman–Crippen LogP) is 4.70. The quantitative estimate of drug-likeness (QED) is 0.625. The highest BCUT2D eigenvalue weighted by atomic mass is 79.9. The van der Waals surface area contributed by atoms with E-state index < -0.39 is 5.60 Å². The molecular formula is C20H27BrN2O2. The van der Waals surface area contributed by atoms with Crippen LogP contribution in [-0.4, -0.2) is 42.3 Å². The molecule has 3 aliphatic rings. The van der Waals surface area contributed by atoms with Gasteiger partial charge in [0.15, 0.2) is 0 Å². The van der Waals surface area contributed by atoms with Crippen molar-refractivity contribution in [3.8, 4) is 0 Å². The third kappa shape index (κ3) is 3.16. The molecule has 0 N–H and O–H groups in total. The third-order valence-electron chi connectivity index (χ3n) is 5.58. The fourth-order valence-corrected chi connectivity index (χ4v) is 5.22. The number of fused-ring (bicyclic) bond motifs is 3. The molecule has 0 saturated carbocycles. The van der Waals surface area contributed by atoms with Crippen molar-refractivity contribution in [1.82, 2.24) is 4.90 Å². The number of benzene rings is 1. The minimum absolute atomic E-state index is 0.168. The lowest BCUT2D eigenvalue weighted by Crippen LogP contribution is -2.41. The van der Waals surface area contributed by atoms with Gasteiger partial charge in [0, 0.05) is 41.8 Å². The molecule has 2 atom stereocenters. The summed E-state index contributed by atoms with van der Waals surface area (Å²) in [7, 11) is 0. The van der Waals surface area contributed by atoms with Gasteiger partial charge in [-0.15, -0.1) is 0 Å². The number of hydrogen-bond acceptors (Lipinski definition) is 3. The normalized spacial score (nSPS) is 25.3. The Hall–Kier alpha value is -1.23. The first kappa shape index (κ1) is 17.2. The second kappa shape index (κ2) is 6.19. The lowest BCUT2D eigenvalue weighted by Gasteiger charge is -2.33. The van der Waals surface area contributed by atoms with Crippen molar-refractivity contribution >= 4 is 27.7 Å². The zero-order chi connectivity index (χ0) is 17.8. The maximum absolute atomic E-state index is 12.6. The molecule has 3 heterocycles. The Bertz CT molecular complexity index is 698. The topological polar surface area (TPSA) is 32.8 Å². The van der Waals surface area contributed by atoms with Gasteiger partial charge in [0.2, 0.25) is 0 Å². The monoisotopic (exact) mass is 406 g/mol. The van der Waals surface area contributed by atoms with Gasteiger partial charge in [-0.05, 0) is 69.7 Å². The van der Waals surface area contributed by atoms with Gasteiger partial charge in [-0.1, -0.05) is 15.9 Å². The summed E-state index contributed by atoms with van der Waals surface area (Å²) in [5, 5.41) is 0. The Morgan fingerprint density at radius 1 is 1.24 bits per heavy atom. The number of aryl methyl sites for hydroxylation is 1. The fraction of sp³-hybridized carbons (Fsp3) is 0.650. The van der Waals surface area contributed by atoms with E-state index in [4.69, 9.17) is 4.74 Å². The van der Waals surface area contributed by atoms with Crippen LogP contribution in [0.1, 0.15) is 57.1 Å². The molecule has 1 amide bonds. The summed E-state index contributed by atoms with van der Waals surface area (Å²) in [6.45, 7) is 8.51. The van der Waals surface area contributed by atoms with Crippen LogP contribution in [0.5, 0.6) is 0 Å². The molecule has 0 radical (unpaired) electrons. The van der Waals surface area contributed by atoms with Crippen LogP contribution in [0.15, 0.2) is 16.6 Å². The second-order valence-electron chi connectivity index (χ2n) is 8.54. The van der Waals surface area contributed by atoms with Crippen molar-refractivity contribution in [2.75, 3.05) is 24.5 Å². The molecule has 25 heavy (non-hydrogen) atoms. The van der Waals surface area contributed by atoms with E-state index >= 15 is 0 Å². The molecule has 1 aromatic carbocycles. The third-order valence-corrected chi connectivity index (χ3v) is 6.03. The van der Waals surface area contributed by atoms with E-state index in [9.17, 15) is 4.79 Å². The van der Waals surface area contributed by atoms with Crippen molar-refractivity contribution in [3.63, 3.8) is 0 Å². The SMILES string of the molecule is CC(C)(C)OC(=O)N1CCC[C@@H]2[C@H](C1)c1cc(Br)cc3c1N2CCC3. The molecule has 0 unspecified atom stereocenters. The standard InChI is InChI=1S/C20H27BrN2O2/c1-20(2,3)25-19(24)22-8-5-7-17-16(12-22)15-11-14(21)10-13-6-4-9-23(17)18(13)15/h10-11,16-17H,4-9,12H2,1-3H3/t16-,17-/m1/s1. The number of rotatable bonds is 0. The highest BCUT2D eigenvalue weighted by molar-refractivity contribution is 9.10. The molecule has 0 aliphatic carbocycles. The van der Waals surface area contributed by atoms with Crippen LogP contribution in [0.2, 0.25) is 0 Å². The summed E-state index contributed by atoms with van der Waals surface area (Å²) in [6, 6.07) is 5.08. The lowest BCUT2D eigenvalue weighted by atomic mass is 9.92. The minimum atomic E-state index is -0.443. The molecule has 4 nitrogen and oxygen atoms in total. The highest BCUT2D eigenvalue weighted by Crippen LogP contribution is 2.49. The van der Waals surface area contributed by atoms with Crippen LogP contribution >= 0.6 is 15.9 Å². The van der Waals surface area contributed by atoms with Crippen LogP contribution in [0.25, 0.3) is 0 Å². The van der Waals surface area contributed by atoms with E-state index in [0.717, 1.165) is 43.4 Å². The summed E-state index contributed by atoms with van der Waals surface area (Å²) in [5.74, 6) is 0.388. The zero-order valence-corrected chi connectivity index (χ0v) is 16.9. The molecule has 4 rings (SSSR count). The molecular weight excluding hydrogens is 380 g/mol. The van der Waals surface area contributed by atoms with Gasteiger partial charge in [-0.2, -0.15) is 0 Å². The fourth-order valence-electron chi connectivity index (χ4n) is 4.70. The van der Waals surface area contributed by atoms with Crippen LogP contribution in [-0.2, 0) is 11.2 Å². The molecule has 0 spiro atoms. The van der Waals surface area contributed by atoms with E-state index in [1.54, 1.807) is 0 Å². The predicted molar refractivity (Wildman–Crippen MR) is 103 cm³/mol. The maximum atomic E-state index is 12.6. The zero-order valence-electron chi connectivity index (χ0n) is 15.3. The summed E-state index contributed by atoms with van der Waals surface area (Å²) in [4.78, 5) is 17.2. The van der Waals surface area contributed by atoms with Gasteiger partial charge in [0.25, 0.3) is 0 Å². The Morgan fingerprint density at radius 2 is 2.04 bits per heavy atom. The van der Waals surface area contributed by atoms with Crippen molar-refractivity contribution < 1.29 is 9.53 Å². The first-order chi connectivity index (χ1) is 11.8. The summed E-state index contributed by atoms with van der Waals surface area (Å²) in [6.07, 6.45) is 4.41. The Kier molecular flexibility index (Phi) is 4.25. The average molecular weight is 407 g/mol. The average Bonchev–Trinajstić information content (AvgIpc) is 2.69. The Labute approximate surface area is 158 Å². The van der Waals surface area contributed by atoms with Gasteiger partial charge >= 0.3 is 6.09 Å². The maximum Gasteiger partial charge on any atom is 0.410 e. The Balaban J connectivity index is 1.65. The van der Waals surface area contributed by atoms with E-state index in [1.807, 2.05) is 25.7 Å². The van der Waals surface area contributed by atoms with Gasteiger partial charge < -0.3 is 14.5 Å². The van der Waals surface area contributed by atoms with Crippen molar-refractivity contribution in [3.05, 3.63) is 27.7 Å². The van der Waals surface area contributed by atoms with Gasteiger partial charge in [-0.25, -0.2) is 4.79 Å². The van der Waals surface area contributed by atoms with Crippen LogP contribution < -0.4 is 4.90 Å². The smallest absolute Gasteiger partial charge is 0.410 e. The first-order valence-corrected chi connectivity index (χ1v) is 10.2. The second-order valence-corrected chi connectivity index (χ2v) is 9.46. The largest absolute Gasteiger partial charge is 0.444 e.